The molecule has 1 aromatic heterocycles. The van der Waals surface area contributed by atoms with E-state index in [2.05, 4.69) is 20.9 Å². The van der Waals surface area contributed by atoms with Crippen molar-refractivity contribution in [2.75, 3.05) is 6.54 Å². The maximum atomic E-state index is 12.0. The van der Waals surface area contributed by atoms with Crippen LogP contribution in [0, 0.1) is 13.8 Å². The third-order valence-corrected chi connectivity index (χ3v) is 3.53. The first-order valence-electron chi connectivity index (χ1n) is 7.58. The predicted molar refractivity (Wildman–Crippen MR) is 87.8 cm³/mol. The van der Waals surface area contributed by atoms with E-state index in [-0.39, 0.29) is 31.4 Å². The molecule has 3 N–H and O–H groups in total. The van der Waals surface area contributed by atoms with Crippen molar-refractivity contribution in [1.82, 2.24) is 25.6 Å². The second-order valence-electron chi connectivity index (χ2n) is 5.56. The van der Waals surface area contributed by atoms with Crippen LogP contribution in [0.3, 0.4) is 0 Å². The standard InChI is InChI=1S/C16H19N5O4/c1-10-3-4-12(5-11(10)2)16(25)18-7-14(22)17-6-13-8-21(20-19-13)9-15(23)24/h3-5,8H,6-7,9H2,1-2H3,(H,17,22)(H,18,25)(H,23,24). The van der Waals surface area contributed by atoms with Crippen molar-refractivity contribution in [3.8, 4) is 0 Å². The van der Waals surface area contributed by atoms with Crippen molar-refractivity contribution >= 4 is 17.8 Å². The number of rotatable bonds is 7. The molecule has 132 valence electrons. The van der Waals surface area contributed by atoms with Crippen LogP contribution in [-0.2, 0) is 22.7 Å². The molecule has 1 heterocycles. The molecule has 0 radical (unpaired) electrons. The largest absolute Gasteiger partial charge is 0.480 e. The highest BCUT2D eigenvalue weighted by molar-refractivity contribution is 5.96. The van der Waals surface area contributed by atoms with Gasteiger partial charge in [0.1, 0.15) is 12.2 Å². The molecule has 25 heavy (non-hydrogen) atoms. The second kappa shape index (κ2) is 8.04. The second-order valence-corrected chi connectivity index (χ2v) is 5.56. The molecule has 0 unspecified atom stereocenters. The minimum absolute atomic E-state index is 0.0952. The van der Waals surface area contributed by atoms with Crippen molar-refractivity contribution in [2.24, 2.45) is 0 Å². The number of aliphatic carboxylic acids is 1. The zero-order valence-electron chi connectivity index (χ0n) is 13.9. The van der Waals surface area contributed by atoms with E-state index < -0.39 is 5.97 Å². The van der Waals surface area contributed by atoms with E-state index in [1.165, 1.54) is 6.20 Å². The summed E-state index contributed by atoms with van der Waals surface area (Å²) in [5.74, 6) is -1.75. The van der Waals surface area contributed by atoms with Crippen LogP contribution in [0.1, 0.15) is 27.2 Å². The lowest BCUT2D eigenvalue weighted by atomic mass is 10.1. The normalized spacial score (nSPS) is 10.3. The Balaban J connectivity index is 1.78. The van der Waals surface area contributed by atoms with E-state index in [9.17, 15) is 14.4 Å². The number of aromatic nitrogens is 3. The molecule has 2 amide bonds. The van der Waals surface area contributed by atoms with Crippen molar-refractivity contribution in [3.63, 3.8) is 0 Å². The number of carbonyl (C=O) groups is 3. The number of benzene rings is 1. The lowest BCUT2D eigenvalue weighted by molar-refractivity contribution is -0.138. The van der Waals surface area contributed by atoms with Crippen LogP contribution in [0.15, 0.2) is 24.4 Å². The molecule has 9 heteroatoms. The molecule has 2 aromatic rings. The van der Waals surface area contributed by atoms with Gasteiger partial charge in [-0.15, -0.1) is 5.10 Å². The van der Waals surface area contributed by atoms with Crippen LogP contribution in [0.4, 0.5) is 0 Å². The lowest BCUT2D eigenvalue weighted by Crippen LogP contribution is -2.36. The molecule has 2 rings (SSSR count). The fourth-order valence-corrected chi connectivity index (χ4v) is 2.03. The Morgan fingerprint density at radius 3 is 2.60 bits per heavy atom. The number of hydrogen-bond acceptors (Lipinski definition) is 5. The summed E-state index contributed by atoms with van der Waals surface area (Å²) < 4.78 is 1.16. The minimum atomic E-state index is -1.03. The third kappa shape index (κ3) is 5.41. The van der Waals surface area contributed by atoms with E-state index in [1.807, 2.05) is 19.9 Å². The van der Waals surface area contributed by atoms with Crippen LogP contribution < -0.4 is 10.6 Å². The van der Waals surface area contributed by atoms with E-state index in [1.54, 1.807) is 12.1 Å². The summed E-state index contributed by atoms with van der Waals surface area (Å²) in [6.45, 7) is 3.49. The van der Waals surface area contributed by atoms with Crippen LogP contribution in [0.5, 0.6) is 0 Å². The Bertz CT molecular complexity index is 800. The Kier molecular flexibility index (Phi) is 5.83. The zero-order valence-corrected chi connectivity index (χ0v) is 13.9. The summed E-state index contributed by atoms with van der Waals surface area (Å²) in [7, 11) is 0. The minimum Gasteiger partial charge on any atom is -0.480 e. The van der Waals surface area contributed by atoms with E-state index >= 15 is 0 Å². The maximum Gasteiger partial charge on any atom is 0.325 e. The molecular formula is C16H19N5O4. The number of carbonyl (C=O) groups excluding carboxylic acids is 2. The number of nitrogens with one attached hydrogen (secondary N) is 2. The lowest BCUT2D eigenvalue weighted by Gasteiger charge is -2.07. The number of amides is 2. The van der Waals surface area contributed by atoms with Crippen LogP contribution in [0.25, 0.3) is 0 Å². The first-order chi connectivity index (χ1) is 11.8. The fourth-order valence-electron chi connectivity index (χ4n) is 2.03. The summed E-state index contributed by atoms with van der Waals surface area (Å²) in [6, 6.07) is 5.32. The van der Waals surface area contributed by atoms with Gasteiger partial charge in [-0.2, -0.15) is 0 Å². The number of nitrogens with zero attached hydrogens (tertiary/aromatic N) is 3. The number of aryl methyl sites for hydroxylation is 2. The molecule has 0 atom stereocenters. The highest BCUT2D eigenvalue weighted by atomic mass is 16.4. The molecule has 0 aliphatic rings. The average molecular weight is 345 g/mol. The summed E-state index contributed by atoms with van der Waals surface area (Å²) >= 11 is 0. The van der Waals surface area contributed by atoms with E-state index in [0.29, 0.717) is 11.3 Å². The van der Waals surface area contributed by atoms with Crippen molar-refractivity contribution in [2.45, 2.75) is 26.9 Å². The third-order valence-electron chi connectivity index (χ3n) is 3.53. The summed E-state index contributed by atoms with van der Waals surface area (Å²) in [5, 5.41) is 21.1. The van der Waals surface area contributed by atoms with Crippen LogP contribution >= 0.6 is 0 Å². The van der Waals surface area contributed by atoms with Crippen LogP contribution in [-0.4, -0.2) is 44.4 Å². The summed E-state index contributed by atoms with van der Waals surface area (Å²) in [5.41, 5.74) is 3.01. The van der Waals surface area contributed by atoms with Gasteiger partial charge in [0.25, 0.3) is 5.91 Å². The topological polar surface area (TPSA) is 126 Å². The molecule has 0 saturated carbocycles. The molecular weight excluding hydrogens is 326 g/mol. The van der Waals surface area contributed by atoms with Gasteiger partial charge in [0.15, 0.2) is 0 Å². The van der Waals surface area contributed by atoms with Gasteiger partial charge in [-0.1, -0.05) is 11.3 Å². The number of carboxylic acid groups (broad SMARTS) is 1. The van der Waals surface area contributed by atoms with E-state index in [4.69, 9.17) is 5.11 Å². The van der Waals surface area contributed by atoms with Gasteiger partial charge in [-0.05, 0) is 37.1 Å². The number of carboxylic acids is 1. The Hall–Kier alpha value is -3.23. The molecule has 0 aliphatic carbocycles. The maximum absolute atomic E-state index is 12.0. The fraction of sp³-hybridized carbons (Fsp3) is 0.312. The van der Waals surface area contributed by atoms with Gasteiger partial charge in [0.05, 0.1) is 19.3 Å². The molecule has 9 nitrogen and oxygen atoms in total. The predicted octanol–water partition coefficient (Wildman–Crippen LogP) is 0.0257. The van der Waals surface area contributed by atoms with Crippen LogP contribution in [0.2, 0.25) is 0 Å². The molecule has 0 fully saturated rings. The average Bonchev–Trinajstić information content (AvgIpc) is 2.99. The smallest absolute Gasteiger partial charge is 0.325 e. The Morgan fingerprint density at radius 1 is 1.16 bits per heavy atom. The monoisotopic (exact) mass is 345 g/mol. The first-order valence-corrected chi connectivity index (χ1v) is 7.58. The van der Waals surface area contributed by atoms with Crippen molar-refractivity contribution in [3.05, 3.63) is 46.8 Å². The van der Waals surface area contributed by atoms with Gasteiger partial charge in [-0.3, -0.25) is 14.4 Å². The van der Waals surface area contributed by atoms with Gasteiger partial charge >= 0.3 is 5.97 Å². The first kappa shape index (κ1) is 18.1. The molecule has 0 spiro atoms. The highest BCUT2D eigenvalue weighted by Gasteiger charge is 2.10. The summed E-state index contributed by atoms with van der Waals surface area (Å²) in [4.78, 5) is 34.4. The molecule has 0 saturated heterocycles. The Morgan fingerprint density at radius 2 is 1.92 bits per heavy atom. The van der Waals surface area contributed by atoms with Crippen molar-refractivity contribution in [1.29, 1.82) is 0 Å². The number of hydrogen-bond donors (Lipinski definition) is 3. The van der Waals surface area contributed by atoms with Gasteiger partial charge in [0, 0.05) is 5.56 Å². The van der Waals surface area contributed by atoms with E-state index in [0.717, 1.165) is 15.8 Å². The van der Waals surface area contributed by atoms with Gasteiger partial charge in [0.2, 0.25) is 5.91 Å². The molecule has 0 aliphatic heterocycles. The Labute approximate surface area is 144 Å². The van der Waals surface area contributed by atoms with Crippen molar-refractivity contribution < 1.29 is 19.5 Å². The van der Waals surface area contributed by atoms with Gasteiger partial charge in [-0.25, -0.2) is 4.68 Å². The summed E-state index contributed by atoms with van der Waals surface area (Å²) in [6.07, 6.45) is 1.43. The van der Waals surface area contributed by atoms with Gasteiger partial charge < -0.3 is 15.7 Å². The molecule has 1 aromatic carbocycles. The SMILES string of the molecule is Cc1ccc(C(=O)NCC(=O)NCc2cn(CC(=O)O)nn2)cc1C. The zero-order chi connectivity index (χ0) is 18.4. The molecule has 0 bridgehead atoms. The quantitative estimate of drug-likeness (QED) is 0.650. The highest BCUT2D eigenvalue weighted by Crippen LogP contribution is 2.09.